The Kier molecular flexibility index (Phi) is 4.94. The maximum Gasteiger partial charge on any atom is 0.272 e. The molecule has 0 aliphatic heterocycles. The number of benzene rings is 2. The molecular weight excluding hydrogens is 354 g/mol. The molecule has 3 aromatic rings. The van der Waals surface area contributed by atoms with Crippen LogP contribution in [0.4, 0.5) is 10.8 Å². The van der Waals surface area contributed by atoms with Crippen molar-refractivity contribution in [2.45, 2.75) is 6.92 Å². The molecule has 0 unspecified atom stereocenters. The fraction of sp³-hybridized carbons (Fsp3) is 0.111. The summed E-state index contributed by atoms with van der Waals surface area (Å²) in [6.45, 7) is 1.60. The second-order valence-corrected chi connectivity index (χ2v) is 6.31. The molecule has 0 fully saturated rings. The Morgan fingerprint density at radius 1 is 1.27 bits per heavy atom. The molecule has 1 aromatic heterocycles. The van der Waals surface area contributed by atoms with Crippen LogP contribution in [-0.4, -0.2) is 22.9 Å². The number of aromatic nitrogens is 1. The van der Waals surface area contributed by atoms with E-state index >= 15 is 0 Å². The molecule has 7 nitrogen and oxygen atoms in total. The number of methoxy groups -OCH3 is 1. The van der Waals surface area contributed by atoms with E-state index in [4.69, 9.17) is 4.74 Å². The standard InChI is InChI=1S/C18H15N3O4S/c1-11-9-12(7-8-15(11)21(23)24)17(22)20-18-19-14(10-26-18)13-5-3-4-6-16(13)25-2/h3-10H,1-2H3,(H,19,20,22). The zero-order valence-electron chi connectivity index (χ0n) is 14.1. The Morgan fingerprint density at radius 2 is 2.04 bits per heavy atom. The van der Waals surface area contributed by atoms with E-state index in [-0.39, 0.29) is 11.6 Å². The van der Waals surface area contributed by atoms with E-state index < -0.39 is 4.92 Å². The highest BCUT2D eigenvalue weighted by molar-refractivity contribution is 7.14. The third-order valence-electron chi connectivity index (χ3n) is 3.76. The Morgan fingerprint density at radius 3 is 2.73 bits per heavy atom. The molecule has 0 spiro atoms. The van der Waals surface area contributed by atoms with E-state index in [2.05, 4.69) is 10.3 Å². The number of nitro benzene ring substituents is 1. The van der Waals surface area contributed by atoms with Crippen LogP contribution in [0.15, 0.2) is 47.8 Å². The monoisotopic (exact) mass is 369 g/mol. The van der Waals surface area contributed by atoms with Crippen LogP contribution in [0.5, 0.6) is 5.75 Å². The number of amides is 1. The van der Waals surface area contributed by atoms with Gasteiger partial charge in [-0.25, -0.2) is 4.98 Å². The summed E-state index contributed by atoms with van der Waals surface area (Å²) in [6, 6.07) is 11.7. The van der Waals surface area contributed by atoms with Gasteiger partial charge >= 0.3 is 0 Å². The van der Waals surface area contributed by atoms with Gasteiger partial charge in [0, 0.05) is 28.1 Å². The van der Waals surface area contributed by atoms with Crippen LogP contribution in [0.2, 0.25) is 0 Å². The van der Waals surface area contributed by atoms with Gasteiger partial charge in [0.15, 0.2) is 5.13 Å². The molecule has 0 aliphatic rings. The van der Waals surface area contributed by atoms with Crippen molar-refractivity contribution in [3.05, 3.63) is 69.1 Å². The van der Waals surface area contributed by atoms with Gasteiger partial charge in [0.1, 0.15) is 5.75 Å². The molecule has 0 radical (unpaired) electrons. The largest absolute Gasteiger partial charge is 0.496 e. The van der Waals surface area contributed by atoms with E-state index in [0.29, 0.717) is 27.7 Å². The highest BCUT2D eigenvalue weighted by atomic mass is 32.1. The number of thiazole rings is 1. The van der Waals surface area contributed by atoms with E-state index in [1.54, 1.807) is 14.0 Å². The molecule has 0 atom stereocenters. The number of nitro groups is 1. The van der Waals surface area contributed by atoms with Gasteiger partial charge in [-0.1, -0.05) is 12.1 Å². The number of carbonyl (C=O) groups excluding carboxylic acids is 1. The molecule has 1 heterocycles. The molecule has 8 heteroatoms. The van der Waals surface area contributed by atoms with Crippen molar-refractivity contribution in [3.8, 4) is 17.0 Å². The molecule has 1 N–H and O–H groups in total. The number of para-hydroxylation sites is 1. The summed E-state index contributed by atoms with van der Waals surface area (Å²) in [5.41, 5.74) is 2.27. The van der Waals surface area contributed by atoms with Gasteiger partial charge in [-0.05, 0) is 31.2 Å². The number of nitrogens with zero attached hydrogens (tertiary/aromatic N) is 2. The highest BCUT2D eigenvalue weighted by Gasteiger charge is 2.16. The molecule has 2 aromatic carbocycles. The lowest BCUT2D eigenvalue weighted by molar-refractivity contribution is -0.385. The first-order valence-corrected chi connectivity index (χ1v) is 8.53. The van der Waals surface area contributed by atoms with Gasteiger partial charge < -0.3 is 4.74 Å². The van der Waals surface area contributed by atoms with Gasteiger partial charge in [0.05, 0.1) is 17.7 Å². The molecule has 3 rings (SSSR count). The Bertz CT molecular complexity index is 984. The minimum absolute atomic E-state index is 0.0192. The zero-order chi connectivity index (χ0) is 18.7. The fourth-order valence-corrected chi connectivity index (χ4v) is 3.19. The maximum atomic E-state index is 12.4. The summed E-state index contributed by atoms with van der Waals surface area (Å²) in [5, 5.41) is 15.9. The van der Waals surface area contributed by atoms with Gasteiger partial charge in [0.25, 0.3) is 11.6 Å². The first kappa shape index (κ1) is 17.6. The first-order chi connectivity index (χ1) is 12.5. The predicted octanol–water partition coefficient (Wildman–Crippen LogP) is 4.29. The maximum absolute atomic E-state index is 12.4. The summed E-state index contributed by atoms with van der Waals surface area (Å²) in [6.07, 6.45) is 0. The average molecular weight is 369 g/mol. The number of aryl methyl sites for hydroxylation is 1. The van der Waals surface area contributed by atoms with Crippen molar-refractivity contribution in [1.29, 1.82) is 0 Å². The number of hydrogen-bond donors (Lipinski definition) is 1. The second-order valence-electron chi connectivity index (χ2n) is 5.45. The van der Waals surface area contributed by atoms with Crippen LogP contribution in [0.25, 0.3) is 11.3 Å². The van der Waals surface area contributed by atoms with Gasteiger partial charge in [-0.2, -0.15) is 0 Å². The highest BCUT2D eigenvalue weighted by Crippen LogP contribution is 2.32. The first-order valence-electron chi connectivity index (χ1n) is 7.65. The third kappa shape index (κ3) is 3.55. The lowest BCUT2D eigenvalue weighted by Crippen LogP contribution is -2.12. The molecule has 1 amide bonds. The van der Waals surface area contributed by atoms with Crippen molar-refractivity contribution in [3.63, 3.8) is 0 Å². The van der Waals surface area contributed by atoms with Crippen LogP contribution in [0.1, 0.15) is 15.9 Å². The topological polar surface area (TPSA) is 94.4 Å². The van der Waals surface area contributed by atoms with Crippen LogP contribution >= 0.6 is 11.3 Å². The third-order valence-corrected chi connectivity index (χ3v) is 4.52. The van der Waals surface area contributed by atoms with Crippen LogP contribution in [0.3, 0.4) is 0 Å². The van der Waals surface area contributed by atoms with E-state index in [0.717, 1.165) is 5.56 Å². The Hall–Kier alpha value is -3.26. The van der Waals surface area contributed by atoms with E-state index in [1.165, 1.54) is 29.5 Å². The summed E-state index contributed by atoms with van der Waals surface area (Å²) < 4.78 is 5.33. The predicted molar refractivity (Wildman–Crippen MR) is 99.9 cm³/mol. The van der Waals surface area contributed by atoms with Crippen molar-refractivity contribution in [1.82, 2.24) is 4.98 Å². The van der Waals surface area contributed by atoms with Crippen molar-refractivity contribution in [2.24, 2.45) is 0 Å². The minimum Gasteiger partial charge on any atom is -0.496 e. The quantitative estimate of drug-likeness (QED) is 0.535. The SMILES string of the molecule is COc1ccccc1-c1csc(NC(=O)c2ccc([N+](=O)[O-])c(C)c2)n1. The summed E-state index contributed by atoms with van der Waals surface area (Å²) >= 11 is 1.29. The van der Waals surface area contributed by atoms with Crippen LogP contribution in [0, 0.1) is 17.0 Å². The second kappa shape index (κ2) is 7.32. The number of rotatable bonds is 5. The minimum atomic E-state index is -0.475. The van der Waals surface area contributed by atoms with Gasteiger partial charge in [-0.3, -0.25) is 20.2 Å². The average Bonchev–Trinajstić information content (AvgIpc) is 3.09. The van der Waals surface area contributed by atoms with Crippen LogP contribution < -0.4 is 10.1 Å². The smallest absolute Gasteiger partial charge is 0.272 e. The molecule has 0 aliphatic carbocycles. The van der Waals surface area contributed by atoms with Gasteiger partial charge in [0.2, 0.25) is 0 Å². The Balaban J connectivity index is 1.80. The molecule has 0 saturated carbocycles. The summed E-state index contributed by atoms with van der Waals surface area (Å²) in [7, 11) is 1.59. The number of anilines is 1. The number of ether oxygens (including phenoxy) is 1. The lowest BCUT2D eigenvalue weighted by atomic mass is 10.1. The number of hydrogen-bond acceptors (Lipinski definition) is 6. The molecule has 0 saturated heterocycles. The molecule has 26 heavy (non-hydrogen) atoms. The Labute approximate surface area is 153 Å². The van der Waals surface area contributed by atoms with Gasteiger partial charge in [-0.15, -0.1) is 11.3 Å². The number of nitrogens with one attached hydrogen (secondary N) is 1. The molecule has 0 bridgehead atoms. The summed E-state index contributed by atoms with van der Waals surface area (Å²) in [4.78, 5) is 27.2. The van der Waals surface area contributed by atoms with E-state index in [9.17, 15) is 14.9 Å². The normalized spacial score (nSPS) is 10.4. The van der Waals surface area contributed by atoms with E-state index in [1.807, 2.05) is 29.6 Å². The lowest BCUT2D eigenvalue weighted by Gasteiger charge is -2.05. The summed E-state index contributed by atoms with van der Waals surface area (Å²) in [5.74, 6) is 0.325. The van der Waals surface area contributed by atoms with Crippen molar-refractivity contribution in [2.75, 3.05) is 12.4 Å². The fourth-order valence-electron chi connectivity index (χ4n) is 2.48. The number of carbonyl (C=O) groups is 1. The molecule has 132 valence electrons. The van der Waals surface area contributed by atoms with Crippen molar-refractivity contribution >= 4 is 28.1 Å². The molecular formula is C18H15N3O4S. The van der Waals surface area contributed by atoms with Crippen molar-refractivity contribution < 1.29 is 14.5 Å². The zero-order valence-corrected chi connectivity index (χ0v) is 14.9. The van der Waals surface area contributed by atoms with Crippen LogP contribution in [-0.2, 0) is 0 Å².